The SMILES string of the molecule is CSc1ccc(C2CC(c3cccs3)Nc3ncnn32)cc1. The zero-order chi connectivity index (χ0) is 14.9. The Morgan fingerprint density at radius 2 is 2.14 bits per heavy atom. The molecule has 4 rings (SSSR count). The number of aromatic nitrogens is 3. The number of anilines is 1. The molecule has 0 saturated heterocycles. The molecule has 1 N–H and O–H groups in total. The number of fused-ring (bicyclic) bond motifs is 1. The van der Waals surface area contributed by atoms with E-state index in [4.69, 9.17) is 0 Å². The molecule has 0 aliphatic carbocycles. The Morgan fingerprint density at radius 3 is 2.86 bits per heavy atom. The molecule has 112 valence electrons. The molecule has 1 aliphatic heterocycles. The van der Waals surface area contributed by atoms with Crippen molar-refractivity contribution >= 4 is 29.0 Å². The summed E-state index contributed by atoms with van der Waals surface area (Å²) in [5, 5.41) is 10.0. The molecule has 0 spiro atoms. The van der Waals surface area contributed by atoms with Gasteiger partial charge in [-0.2, -0.15) is 10.1 Å². The summed E-state index contributed by atoms with van der Waals surface area (Å²) in [4.78, 5) is 7.00. The van der Waals surface area contributed by atoms with Gasteiger partial charge in [0.05, 0.1) is 12.1 Å². The number of nitrogens with one attached hydrogen (secondary N) is 1. The Bertz CT molecular complexity index is 749. The fourth-order valence-electron chi connectivity index (χ4n) is 2.90. The van der Waals surface area contributed by atoms with E-state index in [9.17, 15) is 0 Å². The van der Waals surface area contributed by atoms with E-state index in [1.165, 1.54) is 15.3 Å². The first-order valence-electron chi connectivity index (χ1n) is 7.18. The third kappa shape index (κ3) is 2.42. The van der Waals surface area contributed by atoms with Crippen LogP contribution in [0.4, 0.5) is 5.95 Å². The molecule has 3 heterocycles. The Kier molecular flexibility index (Phi) is 3.63. The van der Waals surface area contributed by atoms with E-state index >= 15 is 0 Å². The molecule has 0 fully saturated rings. The molecule has 3 aromatic rings. The van der Waals surface area contributed by atoms with Gasteiger partial charge in [-0.3, -0.25) is 0 Å². The lowest BCUT2D eigenvalue weighted by Gasteiger charge is -2.31. The topological polar surface area (TPSA) is 42.7 Å². The van der Waals surface area contributed by atoms with Crippen LogP contribution in [-0.2, 0) is 0 Å². The van der Waals surface area contributed by atoms with Crippen LogP contribution in [0.3, 0.4) is 0 Å². The number of thiophene rings is 1. The fourth-order valence-corrected chi connectivity index (χ4v) is 4.10. The summed E-state index contributed by atoms with van der Waals surface area (Å²) < 4.78 is 2.00. The molecule has 0 bridgehead atoms. The van der Waals surface area contributed by atoms with Crippen molar-refractivity contribution in [2.45, 2.75) is 23.4 Å². The second kappa shape index (κ2) is 5.78. The van der Waals surface area contributed by atoms with E-state index < -0.39 is 0 Å². The van der Waals surface area contributed by atoms with Crippen molar-refractivity contribution in [3.8, 4) is 0 Å². The van der Waals surface area contributed by atoms with Crippen LogP contribution in [0.25, 0.3) is 0 Å². The predicted octanol–water partition coefficient (Wildman–Crippen LogP) is 4.21. The molecular weight excluding hydrogens is 312 g/mol. The summed E-state index contributed by atoms with van der Waals surface area (Å²) in [5.41, 5.74) is 1.28. The Balaban J connectivity index is 1.71. The van der Waals surface area contributed by atoms with Crippen LogP contribution in [0, 0.1) is 0 Å². The maximum atomic E-state index is 4.41. The lowest BCUT2D eigenvalue weighted by Crippen LogP contribution is -2.27. The minimum Gasteiger partial charge on any atom is -0.347 e. The highest BCUT2D eigenvalue weighted by Crippen LogP contribution is 2.38. The lowest BCUT2D eigenvalue weighted by atomic mass is 9.97. The number of benzene rings is 1. The summed E-state index contributed by atoms with van der Waals surface area (Å²) in [6.07, 6.45) is 4.71. The molecule has 22 heavy (non-hydrogen) atoms. The molecule has 2 unspecified atom stereocenters. The molecular formula is C16H16N4S2. The van der Waals surface area contributed by atoms with Crippen molar-refractivity contribution < 1.29 is 0 Å². The predicted molar refractivity (Wildman–Crippen MR) is 91.7 cm³/mol. The Hall–Kier alpha value is -1.79. The average Bonchev–Trinajstić information content (AvgIpc) is 3.25. The quantitative estimate of drug-likeness (QED) is 0.732. The number of rotatable bonds is 3. The van der Waals surface area contributed by atoms with Gasteiger partial charge in [0, 0.05) is 9.77 Å². The first kappa shape index (κ1) is 13.8. The van der Waals surface area contributed by atoms with Crippen molar-refractivity contribution in [3.05, 3.63) is 58.5 Å². The minimum absolute atomic E-state index is 0.224. The van der Waals surface area contributed by atoms with Crippen LogP contribution in [0.2, 0.25) is 0 Å². The molecule has 1 aliphatic rings. The van der Waals surface area contributed by atoms with Crippen molar-refractivity contribution in [2.24, 2.45) is 0 Å². The van der Waals surface area contributed by atoms with Gasteiger partial charge in [0.25, 0.3) is 0 Å². The van der Waals surface area contributed by atoms with Crippen LogP contribution in [-0.4, -0.2) is 21.0 Å². The van der Waals surface area contributed by atoms with Crippen LogP contribution in [0.5, 0.6) is 0 Å². The average molecular weight is 328 g/mol. The highest BCUT2D eigenvalue weighted by molar-refractivity contribution is 7.98. The molecule has 2 aromatic heterocycles. The van der Waals surface area contributed by atoms with Gasteiger partial charge >= 0.3 is 0 Å². The smallest absolute Gasteiger partial charge is 0.222 e. The Morgan fingerprint density at radius 1 is 1.27 bits per heavy atom. The highest BCUT2D eigenvalue weighted by Gasteiger charge is 2.30. The van der Waals surface area contributed by atoms with Crippen LogP contribution in [0.1, 0.15) is 28.9 Å². The summed E-state index contributed by atoms with van der Waals surface area (Å²) in [7, 11) is 0. The highest BCUT2D eigenvalue weighted by atomic mass is 32.2. The van der Waals surface area contributed by atoms with Crippen LogP contribution >= 0.6 is 23.1 Å². The van der Waals surface area contributed by atoms with Gasteiger partial charge in [-0.05, 0) is 41.8 Å². The van der Waals surface area contributed by atoms with Gasteiger partial charge in [0.1, 0.15) is 6.33 Å². The number of nitrogens with zero attached hydrogens (tertiary/aromatic N) is 3. The van der Waals surface area contributed by atoms with Crippen molar-refractivity contribution in [1.29, 1.82) is 0 Å². The summed E-state index contributed by atoms with van der Waals surface area (Å²) >= 11 is 3.55. The molecule has 6 heteroatoms. The summed E-state index contributed by atoms with van der Waals surface area (Å²) in [6, 6.07) is 13.6. The van der Waals surface area contributed by atoms with Gasteiger partial charge < -0.3 is 5.32 Å². The van der Waals surface area contributed by atoms with Crippen LogP contribution < -0.4 is 5.32 Å². The third-order valence-electron chi connectivity index (χ3n) is 4.02. The zero-order valence-corrected chi connectivity index (χ0v) is 13.8. The van der Waals surface area contributed by atoms with E-state index in [1.54, 1.807) is 29.4 Å². The number of hydrogen-bond donors (Lipinski definition) is 1. The fraction of sp³-hybridized carbons (Fsp3) is 0.250. The molecule has 0 radical (unpaired) electrons. The Labute approximate surface area is 137 Å². The summed E-state index contributed by atoms with van der Waals surface area (Å²) in [5.74, 6) is 0.851. The largest absolute Gasteiger partial charge is 0.347 e. The zero-order valence-electron chi connectivity index (χ0n) is 12.1. The lowest BCUT2D eigenvalue weighted by molar-refractivity contribution is 0.433. The van der Waals surface area contributed by atoms with E-state index in [0.29, 0.717) is 6.04 Å². The van der Waals surface area contributed by atoms with E-state index in [0.717, 1.165) is 12.4 Å². The standard InChI is InChI=1S/C16H16N4S2/c1-21-12-6-4-11(5-7-12)14-9-13(15-3-2-8-22-15)19-16-17-10-18-20(14)16/h2-8,10,13-14H,9H2,1H3,(H,17,18,19). The van der Waals surface area contributed by atoms with Crippen molar-refractivity contribution in [1.82, 2.24) is 14.8 Å². The molecule has 2 atom stereocenters. The van der Waals surface area contributed by atoms with Gasteiger partial charge in [0.2, 0.25) is 5.95 Å². The van der Waals surface area contributed by atoms with Gasteiger partial charge in [-0.15, -0.1) is 23.1 Å². The van der Waals surface area contributed by atoms with E-state index in [2.05, 4.69) is 63.4 Å². The maximum Gasteiger partial charge on any atom is 0.222 e. The van der Waals surface area contributed by atoms with E-state index in [1.807, 2.05) is 4.68 Å². The van der Waals surface area contributed by atoms with E-state index in [-0.39, 0.29) is 6.04 Å². The summed E-state index contributed by atoms with van der Waals surface area (Å²) in [6.45, 7) is 0. The van der Waals surface area contributed by atoms with Gasteiger partial charge in [-0.25, -0.2) is 4.68 Å². The number of hydrogen-bond acceptors (Lipinski definition) is 5. The normalized spacial score (nSPS) is 20.4. The number of thioether (sulfide) groups is 1. The van der Waals surface area contributed by atoms with Gasteiger partial charge in [0.15, 0.2) is 0 Å². The van der Waals surface area contributed by atoms with Crippen molar-refractivity contribution in [3.63, 3.8) is 0 Å². The first-order valence-corrected chi connectivity index (χ1v) is 9.29. The molecule has 4 nitrogen and oxygen atoms in total. The van der Waals surface area contributed by atoms with Gasteiger partial charge in [-0.1, -0.05) is 18.2 Å². The third-order valence-corrected chi connectivity index (χ3v) is 5.75. The molecule has 0 amide bonds. The molecule has 0 saturated carbocycles. The van der Waals surface area contributed by atoms with Crippen molar-refractivity contribution in [2.75, 3.05) is 11.6 Å². The first-order chi connectivity index (χ1) is 10.8. The minimum atomic E-state index is 0.224. The maximum absolute atomic E-state index is 4.41. The second-order valence-corrected chi connectivity index (χ2v) is 7.12. The monoisotopic (exact) mass is 328 g/mol. The second-order valence-electron chi connectivity index (χ2n) is 5.27. The molecule has 1 aromatic carbocycles. The van der Waals surface area contributed by atoms with Crippen LogP contribution in [0.15, 0.2) is 53.0 Å².